The lowest BCUT2D eigenvalue weighted by molar-refractivity contribution is 0.273. The van der Waals surface area contributed by atoms with E-state index in [-0.39, 0.29) is 0 Å². The van der Waals surface area contributed by atoms with Crippen LogP contribution in [0.15, 0.2) is 29.3 Å². The van der Waals surface area contributed by atoms with E-state index in [0.29, 0.717) is 12.0 Å². The number of likely N-dealkylation sites (tertiary alicyclic amines) is 1. The number of hydrogen-bond donors (Lipinski definition) is 2. The average molecular weight is 260 g/mol. The van der Waals surface area contributed by atoms with Crippen molar-refractivity contribution in [3.63, 3.8) is 0 Å². The molecule has 19 heavy (non-hydrogen) atoms. The maximum atomic E-state index is 5.93. The van der Waals surface area contributed by atoms with Crippen molar-refractivity contribution in [2.45, 2.75) is 32.7 Å². The number of benzene rings is 1. The van der Waals surface area contributed by atoms with Crippen LogP contribution in [-0.2, 0) is 0 Å². The maximum absolute atomic E-state index is 5.93. The molecule has 0 aromatic heterocycles. The standard InChI is InChI=1S/C15H24N4/c1-3-19-10-4-5-14(19)11-17-15(16)18-13-8-6-12(2)7-9-13/h6-9,14H,3-5,10-11H2,1-2H3,(H3,16,17,18). The van der Waals surface area contributed by atoms with Crippen LogP contribution in [0.25, 0.3) is 0 Å². The molecule has 1 heterocycles. The molecule has 1 unspecified atom stereocenters. The highest BCUT2D eigenvalue weighted by Gasteiger charge is 2.22. The van der Waals surface area contributed by atoms with Crippen molar-refractivity contribution in [1.82, 2.24) is 4.90 Å². The van der Waals surface area contributed by atoms with Crippen LogP contribution in [0.3, 0.4) is 0 Å². The molecule has 3 N–H and O–H groups in total. The second-order valence-corrected chi connectivity index (χ2v) is 5.14. The molecule has 2 rings (SSSR count). The minimum Gasteiger partial charge on any atom is -0.370 e. The van der Waals surface area contributed by atoms with Crippen molar-refractivity contribution in [1.29, 1.82) is 0 Å². The normalized spacial score (nSPS) is 20.7. The first-order chi connectivity index (χ1) is 9.19. The van der Waals surface area contributed by atoms with E-state index < -0.39 is 0 Å². The van der Waals surface area contributed by atoms with E-state index in [4.69, 9.17) is 5.73 Å². The summed E-state index contributed by atoms with van der Waals surface area (Å²) in [5.74, 6) is 0.506. The Morgan fingerprint density at radius 1 is 1.42 bits per heavy atom. The number of anilines is 1. The molecule has 0 bridgehead atoms. The number of likely N-dealkylation sites (N-methyl/N-ethyl adjacent to an activating group) is 1. The van der Waals surface area contributed by atoms with Gasteiger partial charge >= 0.3 is 0 Å². The Balaban J connectivity index is 1.87. The van der Waals surface area contributed by atoms with Gasteiger partial charge in [0.2, 0.25) is 0 Å². The Morgan fingerprint density at radius 3 is 2.84 bits per heavy atom. The maximum Gasteiger partial charge on any atom is 0.193 e. The molecule has 0 saturated carbocycles. The second-order valence-electron chi connectivity index (χ2n) is 5.14. The quantitative estimate of drug-likeness (QED) is 0.644. The number of hydrogen-bond acceptors (Lipinski definition) is 2. The average Bonchev–Trinajstić information content (AvgIpc) is 2.86. The van der Waals surface area contributed by atoms with Crippen molar-refractivity contribution in [2.75, 3.05) is 25.0 Å². The summed E-state index contributed by atoms with van der Waals surface area (Å²) < 4.78 is 0. The first-order valence-electron chi connectivity index (χ1n) is 7.06. The van der Waals surface area contributed by atoms with E-state index in [1.807, 2.05) is 12.1 Å². The van der Waals surface area contributed by atoms with Gasteiger partial charge in [-0.25, -0.2) is 0 Å². The van der Waals surface area contributed by atoms with Crippen LogP contribution in [-0.4, -0.2) is 36.5 Å². The third-order valence-electron chi connectivity index (χ3n) is 3.70. The van der Waals surface area contributed by atoms with Gasteiger partial charge in [0.1, 0.15) is 0 Å². The van der Waals surface area contributed by atoms with Crippen LogP contribution in [0.5, 0.6) is 0 Å². The molecule has 4 nitrogen and oxygen atoms in total. The third kappa shape index (κ3) is 3.96. The molecule has 0 amide bonds. The summed E-state index contributed by atoms with van der Waals surface area (Å²) >= 11 is 0. The van der Waals surface area contributed by atoms with Gasteiger partial charge < -0.3 is 11.1 Å². The lowest BCUT2D eigenvalue weighted by Crippen LogP contribution is -2.33. The molecule has 1 aliphatic heterocycles. The van der Waals surface area contributed by atoms with Gasteiger partial charge in [0.15, 0.2) is 5.96 Å². The van der Waals surface area contributed by atoms with E-state index in [1.54, 1.807) is 0 Å². The lowest BCUT2D eigenvalue weighted by Gasteiger charge is -2.20. The Kier molecular flexibility index (Phi) is 4.80. The number of nitrogens with two attached hydrogens (primary N) is 1. The van der Waals surface area contributed by atoms with E-state index in [2.05, 4.69) is 41.2 Å². The highest BCUT2D eigenvalue weighted by atomic mass is 15.2. The zero-order valence-corrected chi connectivity index (χ0v) is 11.9. The zero-order valence-electron chi connectivity index (χ0n) is 11.9. The van der Waals surface area contributed by atoms with Crippen molar-refractivity contribution >= 4 is 11.6 Å². The molecular weight excluding hydrogens is 236 g/mol. The molecular formula is C15H24N4. The van der Waals surface area contributed by atoms with Gasteiger partial charge in [-0.1, -0.05) is 24.6 Å². The number of guanidine groups is 1. The van der Waals surface area contributed by atoms with Gasteiger partial charge in [0.25, 0.3) is 0 Å². The van der Waals surface area contributed by atoms with Gasteiger partial charge in [-0.05, 0) is 45.0 Å². The number of aryl methyl sites for hydroxylation is 1. The Bertz CT molecular complexity index is 424. The number of nitrogens with zero attached hydrogens (tertiary/aromatic N) is 2. The van der Waals surface area contributed by atoms with Crippen molar-refractivity contribution < 1.29 is 0 Å². The predicted octanol–water partition coefficient (Wildman–Crippen LogP) is 2.21. The van der Waals surface area contributed by atoms with E-state index >= 15 is 0 Å². The molecule has 1 saturated heterocycles. The van der Waals surface area contributed by atoms with Crippen LogP contribution in [0.4, 0.5) is 5.69 Å². The molecule has 1 aromatic rings. The minimum atomic E-state index is 0.506. The van der Waals surface area contributed by atoms with E-state index in [0.717, 1.165) is 18.8 Å². The number of aliphatic imine (C=N–C) groups is 1. The van der Waals surface area contributed by atoms with Crippen molar-refractivity contribution in [3.8, 4) is 0 Å². The Hall–Kier alpha value is -1.55. The van der Waals surface area contributed by atoms with Crippen molar-refractivity contribution in [2.24, 2.45) is 10.7 Å². The highest BCUT2D eigenvalue weighted by Crippen LogP contribution is 2.16. The molecule has 1 aromatic carbocycles. The van der Waals surface area contributed by atoms with Gasteiger partial charge in [0, 0.05) is 11.7 Å². The Labute approximate surface area is 115 Å². The molecule has 0 spiro atoms. The van der Waals surface area contributed by atoms with Crippen LogP contribution >= 0.6 is 0 Å². The SMILES string of the molecule is CCN1CCCC1CN=C(N)Nc1ccc(C)cc1. The zero-order chi connectivity index (χ0) is 13.7. The second kappa shape index (κ2) is 6.57. The summed E-state index contributed by atoms with van der Waals surface area (Å²) in [4.78, 5) is 6.94. The topological polar surface area (TPSA) is 53.6 Å². The Morgan fingerprint density at radius 2 is 2.16 bits per heavy atom. The van der Waals surface area contributed by atoms with Gasteiger partial charge in [-0.2, -0.15) is 0 Å². The fourth-order valence-corrected chi connectivity index (χ4v) is 2.55. The van der Waals surface area contributed by atoms with Gasteiger partial charge in [0.05, 0.1) is 6.54 Å². The molecule has 104 valence electrons. The minimum absolute atomic E-state index is 0.506. The fraction of sp³-hybridized carbons (Fsp3) is 0.533. The molecule has 0 aliphatic carbocycles. The first-order valence-corrected chi connectivity index (χ1v) is 7.06. The van der Waals surface area contributed by atoms with Crippen LogP contribution < -0.4 is 11.1 Å². The van der Waals surface area contributed by atoms with Gasteiger partial charge in [-0.3, -0.25) is 9.89 Å². The summed E-state index contributed by atoms with van der Waals surface area (Å²) in [7, 11) is 0. The van der Waals surface area contributed by atoms with E-state index in [1.165, 1.54) is 24.9 Å². The van der Waals surface area contributed by atoms with Gasteiger partial charge in [-0.15, -0.1) is 0 Å². The summed E-state index contributed by atoms with van der Waals surface area (Å²) in [5, 5.41) is 3.14. The molecule has 4 heteroatoms. The predicted molar refractivity (Wildman–Crippen MR) is 81.6 cm³/mol. The summed E-state index contributed by atoms with van der Waals surface area (Å²) in [6.07, 6.45) is 2.51. The fourth-order valence-electron chi connectivity index (χ4n) is 2.55. The highest BCUT2D eigenvalue weighted by molar-refractivity contribution is 5.92. The molecule has 0 radical (unpaired) electrons. The summed E-state index contributed by atoms with van der Waals surface area (Å²) in [6.45, 7) is 7.36. The largest absolute Gasteiger partial charge is 0.370 e. The molecule has 1 fully saturated rings. The lowest BCUT2D eigenvalue weighted by atomic mass is 10.2. The van der Waals surface area contributed by atoms with Crippen LogP contribution in [0, 0.1) is 6.92 Å². The van der Waals surface area contributed by atoms with Crippen molar-refractivity contribution in [3.05, 3.63) is 29.8 Å². The third-order valence-corrected chi connectivity index (χ3v) is 3.70. The van der Waals surface area contributed by atoms with E-state index in [9.17, 15) is 0 Å². The molecule has 1 aliphatic rings. The smallest absolute Gasteiger partial charge is 0.193 e. The first kappa shape index (κ1) is 13.9. The monoisotopic (exact) mass is 260 g/mol. The summed E-state index contributed by atoms with van der Waals surface area (Å²) in [5.41, 5.74) is 8.16. The van der Waals surface area contributed by atoms with Crippen LogP contribution in [0.1, 0.15) is 25.3 Å². The summed E-state index contributed by atoms with van der Waals surface area (Å²) in [6, 6.07) is 8.72. The van der Waals surface area contributed by atoms with Crippen LogP contribution in [0.2, 0.25) is 0 Å². The number of nitrogens with one attached hydrogen (secondary N) is 1. The molecule has 1 atom stereocenters. The number of rotatable bonds is 4.